The minimum atomic E-state index is -0.115. The molecule has 0 radical (unpaired) electrons. The first-order valence-electron chi connectivity index (χ1n) is 5.26. The van der Waals surface area contributed by atoms with Gasteiger partial charge < -0.3 is 9.47 Å². The van der Waals surface area contributed by atoms with E-state index in [0.717, 1.165) is 12.8 Å². The minimum absolute atomic E-state index is 0.115. The quantitative estimate of drug-likeness (QED) is 0.735. The molecule has 1 aromatic carbocycles. The maximum atomic E-state index is 5.83. The van der Waals surface area contributed by atoms with Crippen LogP contribution in [0.25, 0.3) is 0 Å². The van der Waals surface area contributed by atoms with Crippen LogP contribution in [-0.4, -0.2) is 18.3 Å². The first kappa shape index (κ1) is 10.9. The van der Waals surface area contributed by atoms with Crippen molar-refractivity contribution in [3.63, 3.8) is 0 Å². The van der Waals surface area contributed by atoms with Crippen LogP contribution >= 0.6 is 11.6 Å². The lowest BCUT2D eigenvalue weighted by molar-refractivity contribution is 0.00105. The van der Waals surface area contributed by atoms with E-state index in [-0.39, 0.29) is 11.7 Å². The van der Waals surface area contributed by atoms with Gasteiger partial charge in [0.15, 0.2) is 0 Å². The Morgan fingerprint density at radius 2 is 2.07 bits per heavy atom. The highest BCUT2D eigenvalue weighted by molar-refractivity contribution is 6.19. The van der Waals surface area contributed by atoms with Crippen LogP contribution in [0.15, 0.2) is 30.3 Å². The third kappa shape index (κ3) is 3.49. The molecule has 1 aliphatic heterocycles. The monoisotopic (exact) mass is 226 g/mol. The Morgan fingerprint density at radius 1 is 1.27 bits per heavy atom. The molecular formula is C12H15ClO2. The average Bonchev–Trinajstić information content (AvgIpc) is 2.66. The molecule has 1 aromatic rings. The van der Waals surface area contributed by atoms with Gasteiger partial charge in [-0.25, -0.2) is 0 Å². The Hall–Kier alpha value is -0.570. The second-order valence-electron chi connectivity index (χ2n) is 3.75. The predicted octanol–water partition coefficient (Wildman–Crippen LogP) is 2.95. The molecule has 3 heteroatoms. The Labute approximate surface area is 95.1 Å². The molecule has 0 aromatic heterocycles. The molecule has 1 fully saturated rings. The Kier molecular flexibility index (Phi) is 4.01. The third-order valence-corrected chi connectivity index (χ3v) is 2.79. The van der Waals surface area contributed by atoms with Crippen LogP contribution in [0.1, 0.15) is 18.4 Å². The fourth-order valence-electron chi connectivity index (χ4n) is 1.67. The van der Waals surface area contributed by atoms with Crippen molar-refractivity contribution in [2.45, 2.75) is 31.1 Å². The molecule has 0 N–H and O–H groups in total. The normalized spacial score (nSPS) is 25.7. The minimum Gasteiger partial charge on any atom is -0.374 e. The van der Waals surface area contributed by atoms with Crippen molar-refractivity contribution in [3.05, 3.63) is 35.9 Å². The Morgan fingerprint density at radius 3 is 2.73 bits per heavy atom. The summed E-state index contributed by atoms with van der Waals surface area (Å²) in [6, 6.07) is 10.1. The number of halogens is 1. The smallest absolute Gasteiger partial charge is 0.131 e. The SMILES string of the molecule is ClC1CCC(COCc2ccccc2)O1. The largest absolute Gasteiger partial charge is 0.374 e. The number of hydrogen-bond donors (Lipinski definition) is 0. The van der Waals surface area contributed by atoms with Crippen LogP contribution in [0.2, 0.25) is 0 Å². The van der Waals surface area contributed by atoms with Gasteiger partial charge in [0.05, 0.1) is 19.3 Å². The van der Waals surface area contributed by atoms with Crippen molar-refractivity contribution in [1.29, 1.82) is 0 Å². The van der Waals surface area contributed by atoms with E-state index in [1.165, 1.54) is 5.56 Å². The summed E-state index contributed by atoms with van der Waals surface area (Å²) in [5, 5.41) is 0. The third-order valence-electron chi connectivity index (χ3n) is 2.47. The van der Waals surface area contributed by atoms with Gasteiger partial charge in [-0.3, -0.25) is 0 Å². The molecule has 0 bridgehead atoms. The summed E-state index contributed by atoms with van der Waals surface area (Å²) >= 11 is 5.83. The molecule has 2 unspecified atom stereocenters. The maximum Gasteiger partial charge on any atom is 0.131 e. The lowest BCUT2D eigenvalue weighted by Crippen LogP contribution is -2.15. The predicted molar refractivity (Wildman–Crippen MR) is 59.8 cm³/mol. The van der Waals surface area contributed by atoms with E-state index in [1.54, 1.807) is 0 Å². The highest BCUT2D eigenvalue weighted by Gasteiger charge is 2.23. The summed E-state index contributed by atoms with van der Waals surface area (Å²) in [4.78, 5) is 0. The first-order chi connectivity index (χ1) is 7.34. The van der Waals surface area contributed by atoms with Crippen LogP contribution in [0.5, 0.6) is 0 Å². The molecule has 2 atom stereocenters. The summed E-state index contributed by atoms with van der Waals surface area (Å²) in [5.74, 6) is 0. The molecular weight excluding hydrogens is 212 g/mol. The molecule has 15 heavy (non-hydrogen) atoms. The van der Waals surface area contributed by atoms with Gasteiger partial charge in [-0.05, 0) is 18.4 Å². The Balaban J connectivity index is 1.67. The van der Waals surface area contributed by atoms with E-state index >= 15 is 0 Å². The summed E-state index contributed by atoms with van der Waals surface area (Å²) < 4.78 is 11.0. The fourth-order valence-corrected chi connectivity index (χ4v) is 1.94. The van der Waals surface area contributed by atoms with Gasteiger partial charge in [-0.2, -0.15) is 0 Å². The van der Waals surface area contributed by atoms with E-state index in [0.29, 0.717) is 13.2 Å². The van der Waals surface area contributed by atoms with E-state index in [4.69, 9.17) is 21.1 Å². The first-order valence-corrected chi connectivity index (χ1v) is 5.69. The summed E-state index contributed by atoms with van der Waals surface area (Å²) in [6.07, 6.45) is 2.11. The van der Waals surface area contributed by atoms with Crippen molar-refractivity contribution in [1.82, 2.24) is 0 Å². The molecule has 2 nitrogen and oxygen atoms in total. The van der Waals surface area contributed by atoms with Crippen LogP contribution in [0.3, 0.4) is 0 Å². The summed E-state index contributed by atoms with van der Waals surface area (Å²) in [5.41, 5.74) is 1.08. The standard InChI is InChI=1S/C12H15ClO2/c13-12-7-6-11(15-12)9-14-8-10-4-2-1-3-5-10/h1-5,11-12H,6-9H2. The van der Waals surface area contributed by atoms with Gasteiger partial charge in [0.25, 0.3) is 0 Å². The number of alkyl halides is 1. The van der Waals surface area contributed by atoms with E-state index in [9.17, 15) is 0 Å². The number of hydrogen-bond acceptors (Lipinski definition) is 2. The maximum absolute atomic E-state index is 5.83. The van der Waals surface area contributed by atoms with E-state index < -0.39 is 0 Å². The van der Waals surface area contributed by atoms with Crippen molar-refractivity contribution in [3.8, 4) is 0 Å². The topological polar surface area (TPSA) is 18.5 Å². The van der Waals surface area contributed by atoms with Crippen LogP contribution in [0.4, 0.5) is 0 Å². The van der Waals surface area contributed by atoms with Gasteiger partial charge in [-0.15, -0.1) is 0 Å². The molecule has 2 rings (SSSR count). The van der Waals surface area contributed by atoms with Crippen LogP contribution < -0.4 is 0 Å². The van der Waals surface area contributed by atoms with Crippen LogP contribution in [0, 0.1) is 0 Å². The van der Waals surface area contributed by atoms with Crippen molar-refractivity contribution >= 4 is 11.6 Å². The molecule has 1 heterocycles. The molecule has 1 saturated heterocycles. The highest BCUT2D eigenvalue weighted by atomic mass is 35.5. The zero-order valence-corrected chi connectivity index (χ0v) is 9.32. The summed E-state index contributed by atoms with van der Waals surface area (Å²) in [6.45, 7) is 1.28. The van der Waals surface area contributed by atoms with Crippen molar-refractivity contribution < 1.29 is 9.47 Å². The Bertz CT molecular complexity index is 289. The molecule has 0 amide bonds. The molecule has 0 aliphatic carbocycles. The molecule has 0 spiro atoms. The second-order valence-corrected chi connectivity index (χ2v) is 4.23. The number of benzene rings is 1. The highest BCUT2D eigenvalue weighted by Crippen LogP contribution is 2.22. The summed E-state index contributed by atoms with van der Waals surface area (Å²) in [7, 11) is 0. The molecule has 1 aliphatic rings. The van der Waals surface area contributed by atoms with Crippen molar-refractivity contribution in [2.24, 2.45) is 0 Å². The van der Waals surface area contributed by atoms with Gasteiger partial charge in [0.2, 0.25) is 0 Å². The van der Waals surface area contributed by atoms with Gasteiger partial charge >= 0.3 is 0 Å². The van der Waals surface area contributed by atoms with Gasteiger partial charge in [0, 0.05) is 0 Å². The number of rotatable bonds is 4. The number of ether oxygens (including phenoxy) is 2. The second kappa shape index (κ2) is 5.50. The van der Waals surface area contributed by atoms with E-state index in [2.05, 4.69) is 12.1 Å². The molecule has 82 valence electrons. The van der Waals surface area contributed by atoms with E-state index in [1.807, 2.05) is 18.2 Å². The average molecular weight is 227 g/mol. The van der Waals surface area contributed by atoms with Gasteiger partial charge in [-0.1, -0.05) is 41.9 Å². The lowest BCUT2D eigenvalue weighted by atomic mass is 10.2. The zero-order valence-electron chi connectivity index (χ0n) is 8.56. The van der Waals surface area contributed by atoms with Crippen molar-refractivity contribution in [2.75, 3.05) is 6.61 Å². The molecule has 0 saturated carbocycles. The fraction of sp³-hybridized carbons (Fsp3) is 0.500. The van der Waals surface area contributed by atoms with Crippen LogP contribution in [-0.2, 0) is 16.1 Å². The lowest BCUT2D eigenvalue weighted by Gasteiger charge is -2.10. The zero-order chi connectivity index (χ0) is 10.5. The van der Waals surface area contributed by atoms with Gasteiger partial charge in [0.1, 0.15) is 5.56 Å².